The lowest BCUT2D eigenvalue weighted by molar-refractivity contribution is -0.0229. The fourth-order valence-corrected chi connectivity index (χ4v) is 3.71. The van der Waals surface area contributed by atoms with E-state index in [1.807, 2.05) is 0 Å². The zero-order valence-electron chi connectivity index (χ0n) is 17.2. The molecule has 8 nitrogen and oxygen atoms in total. The van der Waals surface area contributed by atoms with Crippen LogP contribution in [-0.2, 0) is 23.4 Å². The van der Waals surface area contributed by atoms with Crippen LogP contribution >= 0.6 is 11.6 Å². The van der Waals surface area contributed by atoms with Crippen LogP contribution in [0.1, 0.15) is 32.0 Å². The minimum Gasteiger partial charge on any atom is -0.444 e. The van der Waals surface area contributed by atoms with E-state index in [0.717, 1.165) is 0 Å². The number of nitrogens with zero attached hydrogens (tertiary/aromatic N) is 3. The highest BCUT2D eigenvalue weighted by molar-refractivity contribution is 6.31. The molecule has 0 radical (unpaired) electrons. The Morgan fingerprint density at radius 3 is 2.57 bits per heavy atom. The monoisotopic (exact) mass is 440 g/mol. The van der Waals surface area contributed by atoms with Crippen LogP contribution in [0.5, 0.6) is 0 Å². The van der Waals surface area contributed by atoms with Gasteiger partial charge in [0.05, 0.1) is 42.7 Å². The third kappa shape index (κ3) is 4.02. The molecule has 2 aromatic rings. The lowest BCUT2D eigenvalue weighted by Crippen LogP contribution is -2.57. The number of carbonyl (C=O) groups excluding carboxylic acids is 1. The zero-order chi connectivity index (χ0) is 22.3. The third-order valence-corrected chi connectivity index (χ3v) is 5.29. The van der Waals surface area contributed by atoms with Crippen LogP contribution in [0, 0.1) is 5.82 Å². The van der Waals surface area contributed by atoms with Crippen LogP contribution in [0.25, 0.3) is 11.3 Å². The van der Waals surface area contributed by atoms with Gasteiger partial charge in [0.15, 0.2) is 0 Å². The number of hydrogen-bond acceptors (Lipinski definition) is 6. The van der Waals surface area contributed by atoms with E-state index in [9.17, 15) is 19.4 Å². The van der Waals surface area contributed by atoms with Crippen LogP contribution in [0.15, 0.2) is 18.2 Å². The number of ether oxygens (including phenoxy) is 1. The Hall–Kier alpha value is -2.20. The van der Waals surface area contributed by atoms with Gasteiger partial charge >= 0.3 is 6.09 Å². The SMILES string of the molecule is CC(C)(C)OC(=O)N1Cc2c(CN)c(-c3ccc(F)c(Cl)c3)nn2C(CO)(CO)C1. The molecule has 1 aliphatic rings. The molecule has 0 bridgehead atoms. The molecule has 1 amide bonds. The third-order valence-electron chi connectivity index (χ3n) is 5.00. The number of fused-ring (bicyclic) bond motifs is 1. The van der Waals surface area contributed by atoms with Crippen molar-refractivity contribution in [2.45, 2.75) is 45.0 Å². The minimum atomic E-state index is -1.27. The van der Waals surface area contributed by atoms with Crippen LogP contribution in [0.3, 0.4) is 0 Å². The summed E-state index contributed by atoms with van der Waals surface area (Å²) < 4.78 is 20.6. The molecule has 30 heavy (non-hydrogen) atoms. The van der Waals surface area contributed by atoms with E-state index in [-0.39, 0.29) is 24.7 Å². The average molecular weight is 441 g/mol. The fraction of sp³-hybridized carbons (Fsp3) is 0.500. The van der Waals surface area contributed by atoms with Gasteiger partial charge in [-0.15, -0.1) is 0 Å². The molecule has 1 aliphatic heterocycles. The Labute approximate surface area is 179 Å². The number of carbonyl (C=O) groups is 1. The second kappa shape index (κ2) is 8.14. The largest absolute Gasteiger partial charge is 0.444 e. The van der Waals surface area contributed by atoms with Gasteiger partial charge in [-0.25, -0.2) is 9.18 Å². The highest BCUT2D eigenvalue weighted by Gasteiger charge is 2.44. The van der Waals surface area contributed by atoms with E-state index in [1.165, 1.54) is 27.8 Å². The summed E-state index contributed by atoms with van der Waals surface area (Å²) in [4.78, 5) is 14.1. The molecule has 1 aromatic heterocycles. The van der Waals surface area contributed by atoms with Gasteiger partial charge in [0.1, 0.15) is 17.0 Å². The number of hydrogen-bond donors (Lipinski definition) is 3. The number of benzene rings is 1. The van der Waals surface area contributed by atoms with Gasteiger partial charge in [0, 0.05) is 17.7 Å². The maximum Gasteiger partial charge on any atom is 0.410 e. The molecule has 0 atom stereocenters. The lowest BCUT2D eigenvalue weighted by atomic mass is 9.97. The molecule has 2 heterocycles. The van der Waals surface area contributed by atoms with Crippen molar-refractivity contribution in [2.75, 3.05) is 19.8 Å². The summed E-state index contributed by atoms with van der Waals surface area (Å²) in [6.45, 7) is 4.54. The molecule has 10 heteroatoms. The maximum atomic E-state index is 13.6. The van der Waals surface area contributed by atoms with Crippen molar-refractivity contribution in [3.63, 3.8) is 0 Å². The van der Waals surface area contributed by atoms with Gasteiger partial charge in [-0.05, 0) is 39.0 Å². The van der Waals surface area contributed by atoms with Crippen molar-refractivity contribution in [3.8, 4) is 11.3 Å². The van der Waals surface area contributed by atoms with Crippen molar-refractivity contribution in [3.05, 3.63) is 40.3 Å². The summed E-state index contributed by atoms with van der Waals surface area (Å²) in [5.74, 6) is -0.560. The highest BCUT2D eigenvalue weighted by atomic mass is 35.5. The summed E-state index contributed by atoms with van der Waals surface area (Å²) >= 11 is 5.93. The molecule has 0 fully saturated rings. The zero-order valence-corrected chi connectivity index (χ0v) is 17.9. The van der Waals surface area contributed by atoms with Crippen molar-refractivity contribution < 1.29 is 24.1 Å². The van der Waals surface area contributed by atoms with Crippen LogP contribution < -0.4 is 5.73 Å². The van der Waals surface area contributed by atoms with Crippen LogP contribution in [0.2, 0.25) is 5.02 Å². The summed E-state index contributed by atoms with van der Waals surface area (Å²) in [7, 11) is 0. The molecule has 0 spiro atoms. The van der Waals surface area contributed by atoms with Crippen molar-refractivity contribution in [1.82, 2.24) is 14.7 Å². The van der Waals surface area contributed by atoms with Crippen molar-refractivity contribution in [2.24, 2.45) is 5.73 Å². The minimum absolute atomic E-state index is 0.00276. The van der Waals surface area contributed by atoms with E-state index in [1.54, 1.807) is 20.8 Å². The highest BCUT2D eigenvalue weighted by Crippen LogP contribution is 2.35. The van der Waals surface area contributed by atoms with Crippen molar-refractivity contribution >= 4 is 17.7 Å². The first-order valence-electron chi connectivity index (χ1n) is 9.51. The Kier molecular flexibility index (Phi) is 6.10. The first-order chi connectivity index (χ1) is 14.0. The lowest BCUT2D eigenvalue weighted by Gasteiger charge is -2.41. The number of aromatic nitrogens is 2. The normalized spacial score (nSPS) is 15.8. The Morgan fingerprint density at radius 2 is 2.03 bits per heavy atom. The Morgan fingerprint density at radius 1 is 1.37 bits per heavy atom. The number of rotatable bonds is 4. The predicted molar refractivity (Wildman–Crippen MR) is 109 cm³/mol. The standard InChI is InChI=1S/C20H26ClFN4O4/c1-19(2,3)30-18(29)25-8-16-13(7-23)17(12-4-5-15(22)14(21)6-12)24-26(16)20(9-25,10-27)11-28/h4-6,27-28H,7-11,23H2,1-3H3. The van der Waals surface area contributed by atoms with E-state index in [0.29, 0.717) is 22.5 Å². The van der Waals surface area contributed by atoms with Crippen molar-refractivity contribution in [1.29, 1.82) is 0 Å². The maximum absolute atomic E-state index is 13.6. The van der Waals surface area contributed by atoms with Gasteiger partial charge < -0.3 is 20.7 Å². The summed E-state index contributed by atoms with van der Waals surface area (Å²) in [5, 5.41) is 24.8. The molecule has 0 saturated carbocycles. The van der Waals surface area contributed by atoms with Gasteiger partial charge in [0.25, 0.3) is 0 Å². The molecule has 0 saturated heterocycles. The number of aliphatic hydroxyl groups excluding tert-OH is 2. The van der Waals surface area contributed by atoms with Crippen LogP contribution in [-0.4, -0.2) is 56.3 Å². The summed E-state index contributed by atoms with van der Waals surface area (Å²) in [5.41, 5.74) is 6.19. The second-order valence-electron chi connectivity index (χ2n) is 8.40. The van der Waals surface area contributed by atoms with Gasteiger partial charge in [0.2, 0.25) is 0 Å². The van der Waals surface area contributed by atoms with E-state index >= 15 is 0 Å². The Balaban J connectivity index is 2.13. The molecule has 0 unspecified atom stereocenters. The first-order valence-corrected chi connectivity index (χ1v) is 9.89. The van der Waals surface area contributed by atoms with Gasteiger partial charge in [-0.2, -0.15) is 5.10 Å². The second-order valence-corrected chi connectivity index (χ2v) is 8.80. The average Bonchev–Trinajstić information content (AvgIpc) is 3.07. The Bertz CT molecular complexity index is 953. The molecule has 3 rings (SSSR count). The quantitative estimate of drug-likeness (QED) is 0.671. The molecular weight excluding hydrogens is 415 g/mol. The van der Waals surface area contributed by atoms with E-state index in [4.69, 9.17) is 22.1 Å². The number of aliphatic hydroxyl groups is 2. The smallest absolute Gasteiger partial charge is 0.410 e. The van der Waals surface area contributed by atoms with E-state index < -0.39 is 36.3 Å². The number of halogens is 2. The molecular formula is C20H26ClFN4O4. The molecule has 164 valence electrons. The van der Waals surface area contributed by atoms with Gasteiger partial charge in [-0.1, -0.05) is 11.6 Å². The van der Waals surface area contributed by atoms with Crippen LogP contribution in [0.4, 0.5) is 9.18 Å². The van der Waals surface area contributed by atoms with E-state index in [2.05, 4.69) is 5.10 Å². The first kappa shape index (κ1) is 22.5. The number of nitrogens with two attached hydrogens (primary N) is 1. The number of amides is 1. The molecule has 0 aliphatic carbocycles. The predicted octanol–water partition coefficient (Wildman–Crippen LogP) is 2.23. The summed E-state index contributed by atoms with van der Waals surface area (Å²) in [6, 6.07) is 4.20. The van der Waals surface area contributed by atoms with Gasteiger partial charge in [-0.3, -0.25) is 9.58 Å². The summed E-state index contributed by atoms with van der Waals surface area (Å²) in [6.07, 6.45) is -0.574. The molecule has 4 N–H and O–H groups in total. The topological polar surface area (TPSA) is 114 Å². The fourth-order valence-electron chi connectivity index (χ4n) is 3.53. The molecule has 1 aromatic carbocycles.